The van der Waals surface area contributed by atoms with E-state index in [9.17, 15) is 9.90 Å². The summed E-state index contributed by atoms with van der Waals surface area (Å²) in [6.45, 7) is 0. The van der Waals surface area contributed by atoms with Crippen LogP contribution in [0.4, 0.5) is 0 Å². The van der Waals surface area contributed by atoms with Gasteiger partial charge in [0.2, 0.25) is 0 Å². The molecular formula is C21H15BrN4O2S. The Hall–Kier alpha value is -3.23. The zero-order chi connectivity index (χ0) is 20.2. The minimum absolute atomic E-state index is 0.114. The minimum Gasteiger partial charge on any atom is -0.507 e. The molecule has 0 aliphatic rings. The third-order valence-electron chi connectivity index (χ3n) is 4.09. The Morgan fingerprint density at radius 1 is 1.17 bits per heavy atom. The van der Waals surface area contributed by atoms with Crippen molar-refractivity contribution in [2.45, 2.75) is 0 Å². The quantitative estimate of drug-likeness (QED) is 0.326. The number of aromatic hydroxyl groups is 1. The molecule has 0 fully saturated rings. The van der Waals surface area contributed by atoms with E-state index in [1.807, 2.05) is 54.0 Å². The maximum absolute atomic E-state index is 12.3. The maximum Gasteiger partial charge on any atom is 0.275 e. The summed E-state index contributed by atoms with van der Waals surface area (Å²) in [7, 11) is 0. The van der Waals surface area contributed by atoms with Crippen LogP contribution in [0.2, 0.25) is 0 Å². The number of hydrogen-bond donors (Lipinski definition) is 2. The first kappa shape index (κ1) is 19.1. The van der Waals surface area contributed by atoms with Gasteiger partial charge in [0.1, 0.15) is 11.4 Å². The second-order valence-electron chi connectivity index (χ2n) is 6.05. The van der Waals surface area contributed by atoms with Gasteiger partial charge in [-0.15, -0.1) is 11.3 Å². The van der Waals surface area contributed by atoms with Gasteiger partial charge in [0.25, 0.3) is 5.91 Å². The molecule has 0 saturated carbocycles. The summed E-state index contributed by atoms with van der Waals surface area (Å²) in [6.07, 6.45) is 3.41. The van der Waals surface area contributed by atoms with Crippen molar-refractivity contribution in [1.82, 2.24) is 15.2 Å². The lowest BCUT2D eigenvalue weighted by Gasteiger charge is -2.03. The van der Waals surface area contributed by atoms with Crippen LogP contribution >= 0.6 is 27.3 Å². The van der Waals surface area contributed by atoms with Gasteiger partial charge in [0.05, 0.1) is 22.3 Å². The van der Waals surface area contributed by atoms with Crippen molar-refractivity contribution in [1.29, 1.82) is 0 Å². The molecule has 0 spiro atoms. The monoisotopic (exact) mass is 466 g/mol. The highest BCUT2D eigenvalue weighted by atomic mass is 79.9. The maximum atomic E-state index is 12.3. The van der Waals surface area contributed by atoms with E-state index >= 15 is 0 Å². The molecule has 0 aliphatic heterocycles. The van der Waals surface area contributed by atoms with Gasteiger partial charge in [0.15, 0.2) is 0 Å². The lowest BCUT2D eigenvalue weighted by atomic mass is 10.2. The first-order chi connectivity index (χ1) is 14.1. The Bertz CT molecular complexity index is 1170. The lowest BCUT2D eigenvalue weighted by Crippen LogP contribution is -2.17. The lowest BCUT2D eigenvalue weighted by molar-refractivity contribution is 0.0952. The van der Waals surface area contributed by atoms with Gasteiger partial charge >= 0.3 is 0 Å². The van der Waals surface area contributed by atoms with E-state index in [4.69, 9.17) is 0 Å². The van der Waals surface area contributed by atoms with Crippen LogP contribution in [0.15, 0.2) is 81.8 Å². The number of aromatic nitrogens is 2. The van der Waals surface area contributed by atoms with E-state index in [1.54, 1.807) is 28.3 Å². The fourth-order valence-corrected chi connectivity index (χ4v) is 3.80. The fraction of sp³-hybridized carbons (Fsp3) is 0. The number of thiophene rings is 1. The Morgan fingerprint density at radius 2 is 2.00 bits per heavy atom. The standard InChI is InChI=1S/C21H15BrN4O2S/c22-15-8-9-18(27)17(11-15)21(28)24-23-12-14-13-26(16-5-2-1-3-6-16)25-20(14)19-7-4-10-29-19/h1-13,27H,(H,24,28)/b23-12+. The minimum atomic E-state index is -0.506. The molecule has 1 amide bonds. The van der Waals surface area contributed by atoms with Gasteiger partial charge in [-0.2, -0.15) is 10.2 Å². The van der Waals surface area contributed by atoms with Crippen molar-refractivity contribution in [2.24, 2.45) is 5.10 Å². The smallest absolute Gasteiger partial charge is 0.275 e. The van der Waals surface area contributed by atoms with Crippen LogP contribution in [-0.2, 0) is 0 Å². The predicted octanol–water partition coefficient (Wildman–Crippen LogP) is 4.83. The highest BCUT2D eigenvalue weighted by molar-refractivity contribution is 9.10. The first-order valence-corrected chi connectivity index (χ1v) is 10.3. The van der Waals surface area contributed by atoms with E-state index in [0.29, 0.717) is 4.47 Å². The fourth-order valence-electron chi connectivity index (χ4n) is 2.71. The van der Waals surface area contributed by atoms with Gasteiger partial charge in [-0.3, -0.25) is 4.79 Å². The van der Waals surface area contributed by atoms with E-state index in [-0.39, 0.29) is 11.3 Å². The van der Waals surface area contributed by atoms with Gasteiger partial charge < -0.3 is 5.11 Å². The molecule has 2 aromatic heterocycles. The van der Waals surface area contributed by atoms with E-state index < -0.39 is 5.91 Å². The summed E-state index contributed by atoms with van der Waals surface area (Å²) < 4.78 is 2.46. The molecule has 2 heterocycles. The molecule has 6 nitrogen and oxygen atoms in total. The van der Waals surface area contributed by atoms with Crippen LogP contribution in [0.5, 0.6) is 5.75 Å². The number of carbonyl (C=O) groups excluding carboxylic acids is 1. The average molecular weight is 467 g/mol. The van der Waals surface area contributed by atoms with Gasteiger partial charge in [-0.1, -0.05) is 40.2 Å². The number of benzene rings is 2. The third-order valence-corrected chi connectivity index (χ3v) is 5.46. The van der Waals surface area contributed by atoms with Gasteiger partial charge in [-0.05, 0) is 41.8 Å². The zero-order valence-electron chi connectivity index (χ0n) is 15.0. The Kier molecular flexibility index (Phi) is 5.55. The highest BCUT2D eigenvalue weighted by Gasteiger charge is 2.13. The Labute approximate surface area is 179 Å². The van der Waals surface area contributed by atoms with Crippen LogP contribution in [0.25, 0.3) is 16.3 Å². The van der Waals surface area contributed by atoms with Crippen molar-refractivity contribution in [2.75, 3.05) is 0 Å². The molecule has 8 heteroatoms. The topological polar surface area (TPSA) is 79.5 Å². The third kappa shape index (κ3) is 4.28. The van der Waals surface area contributed by atoms with Crippen molar-refractivity contribution in [3.05, 3.63) is 87.8 Å². The predicted molar refractivity (Wildman–Crippen MR) is 118 cm³/mol. The molecule has 0 atom stereocenters. The number of nitrogens with one attached hydrogen (secondary N) is 1. The average Bonchev–Trinajstić information content (AvgIpc) is 3.40. The number of phenolic OH excluding ortho intramolecular Hbond substituents is 1. The Morgan fingerprint density at radius 3 is 2.76 bits per heavy atom. The summed E-state index contributed by atoms with van der Waals surface area (Å²) in [4.78, 5) is 13.3. The van der Waals surface area contributed by atoms with Crippen LogP contribution < -0.4 is 5.43 Å². The van der Waals surface area contributed by atoms with Crippen LogP contribution in [0, 0.1) is 0 Å². The molecule has 0 saturated heterocycles. The summed E-state index contributed by atoms with van der Waals surface area (Å²) >= 11 is 4.86. The number of halogens is 1. The number of hydrazone groups is 1. The number of phenols is 1. The number of nitrogens with zero attached hydrogens (tertiary/aromatic N) is 3. The summed E-state index contributed by atoms with van der Waals surface area (Å²) in [5.41, 5.74) is 5.04. The van der Waals surface area contributed by atoms with Gasteiger partial charge in [0, 0.05) is 16.2 Å². The zero-order valence-corrected chi connectivity index (χ0v) is 17.4. The number of hydrogen-bond acceptors (Lipinski definition) is 5. The normalized spacial score (nSPS) is 11.1. The second-order valence-corrected chi connectivity index (χ2v) is 7.91. The molecule has 4 rings (SSSR count). The largest absolute Gasteiger partial charge is 0.507 e. The molecule has 0 bridgehead atoms. The number of amides is 1. The summed E-state index contributed by atoms with van der Waals surface area (Å²) in [6, 6.07) is 18.3. The molecule has 0 unspecified atom stereocenters. The van der Waals surface area contributed by atoms with Crippen molar-refractivity contribution >= 4 is 39.4 Å². The van der Waals surface area contributed by atoms with Crippen LogP contribution in [0.3, 0.4) is 0 Å². The molecule has 0 radical (unpaired) electrons. The highest BCUT2D eigenvalue weighted by Crippen LogP contribution is 2.27. The van der Waals surface area contributed by atoms with Crippen molar-refractivity contribution in [3.63, 3.8) is 0 Å². The van der Waals surface area contributed by atoms with E-state index in [1.165, 1.54) is 12.1 Å². The molecule has 144 valence electrons. The number of rotatable bonds is 5. The SMILES string of the molecule is O=C(N/N=C/c1cn(-c2ccccc2)nc1-c1cccs1)c1cc(Br)ccc1O. The molecule has 0 aliphatic carbocycles. The number of carbonyl (C=O) groups is 1. The molecule has 2 N–H and O–H groups in total. The number of para-hydroxylation sites is 1. The molecule has 29 heavy (non-hydrogen) atoms. The van der Waals surface area contributed by atoms with Crippen molar-refractivity contribution in [3.8, 4) is 22.0 Å². The van der Waals surface area contributed by atoms with Crippen LogP contribution in [-0.4, -0.2) is 27.0 Å². The summed E-state index contributed by atoms with van der Waals surface area (Å²) in [5, 5.41) is 20.6. The molecule has 2 aromatic carbocycles. The second kappa shape index (κ2) is 8.42. The molecular weight excluding hydrogens is 452 g/mol. The van der Waals surface area contributed by atoms with Gasteiger partial charge in [-0.25, -0.2) is 10.1 Å². The molecule has 4 aromatic rings. The first-order valence-electron chi connectivity index (χ1n) is 8.63. The van der Waals surface area contributed by atoms with Crippen LogP contribution in [0.1, 0.15) is 15.9 Å². The van der Waals surface area contributed by atoms with E-state index in [0.717, 1.165) is 21.8 Å². The van der Waals surface area contributed by atoms with E-state index in [2.05, 4.69) is 31.6 Å². The van der Waals surface area contributed by atoms with Crippen molar-refractivity contribution < 1.29 is 9.90 Å². The Balaban J connectivity index is 1.61. The summed E-state index contributed by atoms with van der Waals surface area (Å²) in [5.74, 6) is -0.620.